The van der Waals surface area contributed by atoms with Crippen molar-refractivity contribution in [1.82, 2.24) is 9.97 Å². The average Bonchev–Trinajstić information content (AvgIpc) is 3.53. The van der Waals surface area contributed by atoms with E-state index in [-0.39, 0.29) is 11.9 Å². The molecule has 0 aromatic carbocycles. The number of carbonyl (C=O) groups is 2. The van der Waals surface area contributed by atoms with Crippen molar-refractivity contribution in [2.24, 2.45) is 0 Å². The van der Waals surface area contributed by atoms with E-state index < -0.39 is 0 Å². The lowest BCUT2D eigenvalue weighted by Crippen LogP contribution is -2.01. The van der Waals surface area contributed by atoms with Crippen LogP contribution in [0.15, 0.2) is 12.1 Å². The van der Waals surface area contributed by atoms with Crippen molar-refractivity contribution in [1.29, 1.82) is 0 Å². The first kappa shape index (κ1) is 20.4. The summed E-state index contributed by atoms with van der Waals surface area (Å²) < 4.78 is 11.9. The van der Waals surface area contributed by atoms with E-state index in [1.54, 1.807) is 22.7 Å². The van der Waals surface area contributed by atoms with Crippen LogP contribution in [0.3, 0.4) is 0 Å². The van der Waals surface area contributed by atoms with E-state index in [0.717, 1.165) is 31.9 Å². The number of H-pyrrole nitrogens is 2. The minimum atomic E-state index is -0.362. The van der Waals surface area contributed by atoms with Crippen molar-refractivity contribution >= 4 is 78.0 Å². The standard InChI is InChI=1S/C22H20N2O4S3/c1-9-17(19-15(30-9)5-13(23-19)21(25)27-3)11-7-29-8-12(11)18-10(2)31-16-6-14(22(26)28-4)24-20(16)18/h5-6,23-24H,7-8H2,1-4H3. The van der Waals surface area contributed by atoms with Crippen molar-refractivity contribution in [3.05, 3.63) is 44.4 Å². The highest BCUT2D eigenvalue weighted by Gasteiger charge is 2.28. The zero-order valence-corrected chi connectivity index (χ0v) is 19.9. The molecule has 0 fully saturated rings. The van der Waals surface area contributed by atoms with E-state index in [1.807, 2.05) is 23.9 Å². The van der Waals surface area contributed by atoms with Gasteiger partial charge < -0.3 is 19.4 Å². The fraction of sp³-hybridized carbons (Fsp3) is 0.273. The predicted octanol–water partition coefficient (Wildman–Crippen LogP) is 5.62. The second-order valence-corrected chi connectivity index (χ2v) is 10.8. The Kier molecular flexibility index (Phi) is 4.99. The molecule has 0 aliphatic carbocycles. The Morgan fingerprint density at radius 2 is 1.23 bits per heavy atom. The number of hydrogen-bond donors (Lipinski definition) is 2. The number of esters is 2. The quantitative estimate of drug-likeness (QED) is 0.377. The van der Waals surface area contributed by atoms with Crippen molar-refractivity contribution in [2.75, 3.05) is 25.7 Å². The van der Waals surface area contributed by atoms with E-state index in [0.29, 0.717) is 11.4 Å². The van der Waals surface area contributed by atoms with Gasteiger partial charge in [0, 0.05) is 32.4 Å². The molecule has 0 atom stereocenters. The van der Waals surface area contributed by atoms with E-state index >= 15 is 0 Å². The van der Waals surface area contributed by atoms with Gasteiger partial charge in [-0.15, -0.1) is 22.7 Å². The Hall–Kier alpha value is -2.49. The highest BCUT2D eigenvalue weighted by molar-refractivity contribution is 8.00. The van der Waals surface area contributed by atoms with Crippen LogP contribution < -0.4 is 0 Å². The summed E-state index contributed by atoms with van der Waals surface area (Å²) in [5.74, 6) is 1.07. The molecule has 4 aromatic rings. The van der Waals surface area contributed by atoms with Gasteiger partial charge in [-0.1, -0.05) is 0 Å². The number of carbonyl (C=O) groups excluding carboxylic acids is 2. The third-order valence-corrected chi connectivity index (χ3v) is 8.65. The summed E-state index contributed by atoms with van der Waals surface area (Å²) in [4.78, 5) is 33.0. The van der Waals surface area contributed by atoms with Gasteiger partial charge in [0.05, 0.1) is 34.7 Å². The summed E-state index contributed by atoms with van der Waals surface area (Å²) >= 11 is 5.25. The molecule has 0 unspecified atom stereocenters. The average molecular weight is 473 g/mol. The van der Waals surface area contributed by atoms with Crippen molar-refractivity contribution in [3.63, 3.8) is 0 Å². The highest BCUT2D eigenvalue weighted by Crippen LogP contribution is 2.47. The molecule has 0 amide bonds. The molecule has 9 heteroatoms. The topological polar surface area (TPSA) is 84.2 Å². The number of thioether (sulfide) groups is 1. The molecular weight excluding hydrogens is 452 g/mol. The van der Waals surface area contributed by atoms with Crippen LogP contribution in [0.5, 0.6) is 0 Å². The molecule has 160 valence electrons. The van der Waals surface area contributed by atoms with Gasteiger partial charge in [0.1, 0.15) is 11.4 Å². The lowest BCUT2D eigenvalue weighted by Gasteiger charge is -2.08. The summed E-state index contributed by atoms with van der Waals surface area (Å²) in [6.45, 7) is 4.25. The molecule has 6 nitrogen and oxygen atoms in total. The molecule has 31 heavy (non-hydrogen) atoms. The molecule has 4 aromatic heterocycles. The molecule has 0 saturated heterocycles. The lowest BCUT2D eigenvalue weighted by atomic mass is 9.96. The first-order valence-corrected chi connectivity index (χ1v) is 12.4. The number of hydrogen-bond acceptors (Lipinski definition) is 7. The van der Waals surface area contributed by atoms with Crippen LogP contribution in [0, 0.1) is 13.8 Å². The first-order chi connectivity index (χ1) is 14.9. The van der Waals surface area contributed by atoms with E-state index in [1.165, 1.54) is 46.2 Å². The second-order valence-electron chi connectivity index (χ2n) is 7.34. The smallest absolute Gasteiger partial charge is 0.354 e. The van der Waals surface area contributed by atoms with Crippen LogP contribution in [-0.4, -0.2) is 47.6 Å². The summed E-state index contributed by atoms with van der Waals surface area (Å²) in [6.07, 6.45) is 0. The Labute approximate surface area is 190 Å². The van der Waals surface area contributed by atoms with Crippen LogP contribution in [0.2, 0.25) is 0 Å². The molecule has 0 spiro atoms. The highest BCUT2D eigenvalue weighted by atomic mass is 32.2. The molecule has 1 aliphatic rings. The number of ether oxygens (including phenoxy) is 2. The minimum absolute atomic E-state index is 0.362. The maximum atomic E-state index is 12.0. The molecular formula is C22H20N2O4S3. The monoisotopic (exact) mass is 472 g/mol. The third kappa shape index (κ3) is 3.14. The second kappa shape index (κ2) is 7.58. The van der Waals surface area contributed by atoms with Crippen molar-refractivity contribution in [3.8, 4) is 0 Å². The number of rotatable bonds is 4. The number of aryl methyl sites for hydroxylation is 2. The number of aromatic nitrogens is 2. The molecule has 5 heterocycles. The van der Waals surface area contributed by atoms with Crippen LogP contribution in [-0.2, 0) is 9.47 Å². The number of thiophene rings is 2. The van der Waals surface area contributed by atoms with E-state index in [4.69, 9.17) is 9.47 Å². The van der Waals surface area contributed by atoms with E-state index in [9.17, 15) is 9.59 Å². The Morgan fingerprint density at radius 1 is 0.806 bits per heavy atom. The van der Waals surface area contributed by atoms with Gasteiger partial charge >= 0.3 is 11.9 Å². The zero-order valence-electron chi connectivity index (χ0n) is 17.4. The van der Waals surface area contributed by atoms with Crippen molar-refractivity contribution < 1.29 is 19.1 Å². The lowest BCUT2D eigenvalue weighted by molar-refractivity contribution is 0.0586. The number of fused-ring (bicyclic) bond motifs is 2. The largest absolute Gasteiger partial charge is 0.464 e. The predicted molar refractivity (Wildman–Crippen MR) is 129 cm³/mol. The summed E-state index contributed by atoms with van der Waals surface area (Å²) in [7, 11) is 2.78. The molecule has 0 saturated carbocycles. The van der Waals surface area contributed by atoms with E-state index in [2.05, 4.69) is 23.8 Å². The van der Waals surface area contributed by atoms with Gasteiger partial charge in [0.25, 0.3) is 0 Å². The fourth-order valence-electron chi connectivity index (χ4n) is 4.23. The summed E-state index contributed by atoms with van der Waals surface area (Å²) in [6, 6.07) is 3.73. The normalized spacial score (nSPS) is 14.2. The number of methoxy groups -OCH3 is 2. The molecule has 5 rings (SSSR count). The molecule has 1 aliphatic heterocycles. The Bertz CT molecular complexity index is 1290. The van der Waals surface area contributed by atoms with Crippen LogP contribution in [0.4, 0.5) is 0 Å². The van der Waals surface area contributed by atoms with Crippen molar-refractivity contribution in [2.45, 2.75) is 13.8 Å². The maximum Gasteiger partial charge on any atom is 0.354 e. The zero-order chi connectivity index (χ0) is 21.9. The van der Waals surface area contributed by atoms with Gasteiger partial charge in [-0.3, -0.25) is 0 Å². The molecule has 0 bridgehead atoms. The van der Waals surface area contributed by atoms with Gasteiger partial charge in [0.15, 0.2) is 0 Å². The van der Waals surface area contributed by atoms with Crippen LogP contribution >= 0.6 is 34.4 Å². The third-order valence-electron chi connectivity index (χ3n) is 5.56. The number of aromatic amines is 2. The molecule has 2 N–H and O–H groups in total. The van der Waals surface area contributed by atoms with Gasteiger partial charge in [-0.05, 0) is 37.1 Å². The van der Waals surface area contributed by atoms with Crippen LogP contribution in [0.25, 0.3) is 31.6 Å². The SMILES string of the molecule is COC(=O)c1cc2sc(C)c(C3=C(c4c(C)sc5cc(C(=O)OC)[nH]c45)CSC3)c2[nH]1. The fourth-order valence-corrected chi connectivity index (χ4v) is 7.56. The minimum Gasteiger partial charge on any atom is -0.464 e. The maximum absolute atomic E-state index is 12.0. The first-order valence-electron chi connectivity index (χ1n) is 9.64. The van der Waals surface area contributed by atoms with Gasteiger partial charge in [0.2, 0.25) is 0 Å². The molecule has 0 radical (unpaired) electrons. The Balaban J connectivity index is 1.71. The Morgan fingerprint density at radius 3 is 1.61 bits per heavy atom. The van der Waals surface area contributed by atoms with Gasteiger partial charge in [-0.25, -0.2) is 9.59 Å². The number of nitrogens with one attached hydrogen (secondary N) is 2. The summed E-state index contributed by atoms with van der Waals surface area (Å²) in [5.41, 5.74) is 7.83. The van der Waals surface area contributed by atoms with Crippen LogP contribution in [0.1, 0.15) is 41.9 Å². The van der Waals surface area contributed by atoms with Gasteiger partial charge in [-0.2, -0.15) is 11.8 Å². The summed E-state index contributed by atoms with van der Waals surface area (Å²) in [5, 5.41) is 0.